The van der Waals surface area contributed by atoms with Gasteiger partial charge < -0.3 is 30.1 Å². The number of benzene rings is 6. The largest absolute Gasteiger partial charge is 1.00 e. The van der Waals surface area contributed by atoms with E-state index < -0.39 is 46.8 Å². The fraction of sp³-hybridized carbons (Fsp3) is 0.360. The van der Waals surface area contributed by atoms with Crippen molar-refractivity contribution < 1.29 is 107 Å². The molecule has 9 aromatic rings. The van der Waals surface area contributed by atoms with Crippen molar-refractivity contribution in [3.63, 3.8) is 0 Å². The Labute approximate surface area is 632 Å². The number of carboxylic acids is 1. The number of hydrogen-bond acceptors (Lipinski definition) is 18. The van der Waals surface area contributed by atoms with Crippen LogP contribution in [0.25, 0.3) is 33.8 Å². The van der Waals surface area contributed by atoms with E-state index >= 15 is 0 Å². The van der Waals surface area contributed by atoms with Crippen LogP contribution < -0.4 is 38.4 Å². The maximum absolute atomic E-state index is 12.8. The molecule has 0 saturated heterocycles. The molecule has 3 N–H and O–H groups in total. The van der Waals surface area contributed by atoms with Gasteiger partial charge in [0.2, 0.25) is 0 Å². The number of aliphatic carboxylic acids is 1. The van der Waals surface area contributed by atoms with Crippen molar-refractivity contribution in [2.24, 2.45) is 0 Å². The zero-order valence-corrected chi connectivity index (χ0v) is 61.4. The summed E-state index contributed by atoms with van der Waals surface area (Å²) in [6.07, 6.45) is -9.62. The summed E-state index contributed by atoms with van der Waals surface area (Å²) in [5.41, 5.74) is 8.19. The van der Waals surface area contributed by atoms with E-state index in [-0.39, 0.29) is 55.3 Å². The standard InChI is InChI=1S/C24H23F3N2O3S.C24H25F3N2OS.C13H19NO.C11H7ClF3NS.2CO2.CH4.Li.H2O/c1-23(2,22(30)31)32-19-8-5-17-12-29(10-9-16(17)11-19)13-21-28-20(14-33-21)15-3-6-18(7-4-15)24(25,26)27;1-23(2,3)30-20-9-6-18-13-29(11-10-17(18)12-20)14-22-28-21(15-31-22)16-4-7-19(8-5-16)24(25,26)27;1-13(2,3)15-12-5-4-11-9-14-7-6-10(11)8-12;12-5-10-16-9(6-17-10)7-1-3-8(4-2-7)11(13,14)15;2*2-1-3;;;/h3-8,11,14H,9-10,12-13H2,1-2H3,(H,30,31);4-9,12,15H,10-11,13-14H2,1-3H3;4-5,8,14H,6-7,9H2,1-3H3;1-4,6H,5H2;;;1H4;;1H2/q;;;;;;;+1;/p-1. The summed E-state index contributed by atoms with van der Waals surface area (Å²) in [6, 6.07) is 33.5. The van der Waals surface area contributed by atoms with Crippen LogP contribution in [0.3, 0.4) is 0 Å². The van der Waals surface area contributed by atoms with E-state index in [2.05, 4.69) is 81.2 Å². The van der Waals surface area contributed by atoms with Crippen LogP contribution in [0.1, 0.15) is 128 Å². The number of aromatic nitrogens is 3. The van der Waals surface area contributed by atoms with Gasteiger partial charge in [0.25, 0.3) is 0 Å². The molecule has 0 fully saturated rings. The van der Waals surface area contributed by atoms with Crippen molar-refractivity contribution in [1.29, 1.82) is 0 Å². The van der Waals surface area contributed by atoms with Crippen LogP contribution in [0.15, 0.2) is 144 Å². The molecule has 0 atom stereocenters. The predicted octanol–water partition coefficient (Wildman–Crippen LogP) is 15.6. The average molecular weight is 1530 g/mol. The van der Waals surface area contributed by atoms with Crippen molar-refractivity contribution in [2.75, 3.05) is 19.6 Å². The van der Waals surface area contributed by atoms with Crippen LogP contribution in [0.2, 0.25) is 0 Å². The van der Waals surface area contributed by atoms with Gasteiger partial charge in [-0.2, -0.15) is 58.7 Å². The Bertz CT molecular complexity index is 4290. The quantitative estimate of drug-likeness (QED) is 0.0622. The van der Waals surface area contributed by atoms with Gasteiger partial charge in [-0.05, 0) is 187 Å². The van der Waals surface area contributed by atoms with E-state index in [0.29, 0.717) is 46.3 Å². The number of alkyl halides is 10. The molecule has 3 aliphatic rings. The second kappa shape index (κ2) is 39.5. The van der Waals surface area contributed by atoms with Gasteiger partial charge in [0.05, 0.1) is 52.7 Å². The fourth-order valence-electron chi connectivity index (χ4n) is 10.5. The third kappa shape index (κ3) is 28.0. The minimum absolute atomic E-state index is 0. The van der Waals surface area contributed by atoms with E-state index in [9.17, 15) is 49.4 Å². The molecule has 0 amide bonds. The third-order valence-corrected chi connectivity index (χ3v) is 18.3. The molecule has 0 bridgehead atoms. The molecule has 0 saturated carbocycles. The van der Waals surface area contributed by atoms with Gasteiger partial charge in [0.15, 0.2) is 5.60 Å². The van der Waals surface area contributed by atoms with Gasteiger partial charge in [0, 0.05) is 65.6 Å². The third-order valence-electron chi connectivity index (χ3n) is 15.3. The molecule has 6 heterocycles. The first kappa shape index (κ1) is 89.3. The van der Waals surface area contributed by atoms with Crippen LogP contribution >= 0.6 is 45.6 Å². The van der Waals surface area contributed by atoms with Gasteiger partial charge in [-0.25, -0.2) is 19.7 Å². The zero-order valence-electron chi connectivity index (χ0n) is 58.2. The molecule has 30 heteroatoms. The van der Waals surface area contributed by atoms with Crippen LogP contribution in [-0.2, 0) is 100 Å². The van der Waals surface area contributed by atoms with Crippen molar-refractivity contribution in [3.8, 4) is 51.0 Å². The monoisotopic (exact) mass is 1530 g/mol. The predicted molar refractivity (Wildman–Crippen MR) is 379 cm³/mol. The van der Waals surface area contributed by atoms with E-state index in [4.69, 9.17) is 45.0 Å². The van der Waals surface area contributed by atoms with E-state index in [1.165, 1.54) is 95.2 Å². The molecule has 0 unspecified atom stereocenters. The Morgan fingerprint density at radius 1 is 0.495 bits per heavy atom. The van der Waals surface area contributed by atoms with E-state index in [1.54, 1.807) is 22.8 Å². The molecular weight excluding hydrogens is 1450 g/mol. The minimum atomic E-state index is -4.35. The summed E-state index contributed by atoms with van der Waals surface area (Å²) >= 11 is 10.0. The first-order chi connectivity index (χ1) is 48.0. The summed E-state index contributed by atoms with van der Waals surface area (Å²) in [5, 5.41) is 20.8. The number of thiazole rings is 3. The molecule has 558 valence electrons. The summed E-state index contributed by atoms with van der Waals surface area (Å²) in [4.78, 5) is 61.9. The number of nitrogens with zero attached hydrogens (tertiary/aromatic N) is 5. The maximum atomic E-state index is 12.8. The second-order valence-corrected chi connectivity index (χ2v) is 29.0. The number of carbonyl (C=O) groups excluding carboxylic acids is 4. The van der Waals surface area contributed by atoms with Gasteiger partial charge in [-0.1, -0.05) is 62.0 Å². The molecule has 12 rings (SSSR count). The number of carboxylic acid groups (broad SMARTS) is 1. The topological polar surface area (TPSA) is 220 Å². The van der Waals surface area contributed by atoms with E-state index in [1.807, 2.05) is 49.7 Å². The number of rotatable bonds is 13. The van der Waals surface area contributed by atoms with Crippen LogP contribution in [-0.4, -0.2) is 90.0 Å². The van der Waals surface area contributed by atoms with Crippen molar-refractivity contribution >= 4 is 63.9 Å². The molecule has 3 aliphatic heterocycles. The van der Waals surface area contributed by atoms with Crippen LogP contribution in [0.4, 0.5) is 39.5 Å². The normalized spacial score (nSPS) is 13.4. The Morgan fingerprint density at radius 2 is 0.810 bits per heavy atom. The van der Waals surface area contributed by atoms with E-state index in [0.717, 1.165) is 145 Å². The molecular formula is C75H79ClF9LiN6O10S3. The first-order valence-electron chi connectivity index (χ1n) is 31.7. The van der Waals surface area contributed by atoms with Gasteiger partial charge >= 0.3 is 55.7 Å². The SMILES string of the molecule is C.CC(C)(C)Oc1ccc2c(c1)CCN(Cc1nc(-c3ccc(C(F)(F)F)cc3)cs1)C2.CC(C)(C)Oc1ccc2c(c1)CCNC2.CC(C)(Oc1ccc2c(c1)CCN(Cc1nc(-c3ccc(C(F)(F)F)cc3)cs1)C2)C(=O)O.FC(F)(F)c1ccc(-c2csc(CCl)n2)cc1.O=C=O.O=C=O.[Li+].[OH-]. The Balaban J connectivity index is 0.000000298. The summed E-state index contributed by atoms with van der Waals surface area (Å²) in [7, 11) is 0. The number of hydrogen-bond donors (Lipinski definition) is 2. The summed E-state index contributed by atoms with van der Waals surface area (Å²) in [6.45, 7) is 22.2. The molecule has 3 aromatic heterocycles. The number of carbonyl (C=O) groups is 1. The molecule has 0 radical (unpaired) electrons. The van der Waals surface area contributed by atoms with Crippen molar-refractivity contribution in [3.05, 3.63) is 209 Å². The van der Waals surface area contributed by atoms with Gasteiger partial charge in [-0.3, -0.25) is 9.80 Å². The number of fused-ring (bicyclic) bond motifs is 3. The Hall–Kier alpha value is -8.06. The summed E-state index contributed by atoms with van der Waals surface area (Å²) in [5.74, 6) is 1.72. The molecule has 0 spiro atoms. The summed E-state index contributed by atoms with van der Waals surface area (Å²) < 4.78 is 131. The minimum Gasteiger partial charge on any atom is -0.870 e. The number of nitrogens with one attached hydrogen (secondary N) is 1. The average Bonchev–Trinajstić information content (AvgIpc) is 1.71. The Kier molecular flexibility index (Phi) is 33.6. The molecule has 105 heavy (non-hydrogen) atoms. The van der Waals surface area contributed by atoms with Crippen molar-refractivity contribution in [1.82, 2.24) is 30.1 Å². The molecule has 6 aromatic carbocycles. The molecule has 16 nitrogen and oxygen atoms in total. The fourth-order valence-corrected chi connectivity index (χ4v) is 13.1. The molecule has 0 aliphatic carbocycles. The second-order valence-electron chi connectivity index (χ2n) is 25.9. The smallest absolute Gasteiger partial charge is 0.870 e. The number of ether oxygens (including phenoxy) is 3. The maximum Gasteiger partial charge on any atom is 1.00 e. The van der Waals surface area contributed by atoms with Gasteiger partial charge in [0.1, 0.15) is 43.5 Å². The number of halogens is 10. The van der Waals surface area contributed by atoms with Crippen LogP contribution in [0.5, 0.6) is 17.2 Å². The van der Waals surface area contributed by atoms with Crippen LogP contribution in [0, 0.1) is 0 Å². The van der Waals surface area contributed by atoms with Crippen molar-refractivity contribution in [2.45, 2.75) is 156 Å². The first-order valence-corrected chi connectivity index (χ1v) is 34.9. The Morgan fingerprint density at radius 3 is 1.12 bits per heavy atom. The zero-order chi connectivity index (χ0) is 74.8. The van der Waals surface area contributed by atoms with Gasteiger partial charge in [-0.15, -0.1) is 45.6 Å².